The van der Waals surface area contributed by atoms with Crippen molar-refractivity contribution in [1.82, 2.24) is 0 Å². The molecule has 0 amide bonds. The van der Waals surface area contributed by atoms with Gasteiger partial charge < -0.3 is 14.2 Å². The zero-order valence-corrected chi connectivity index (χ0v) is 14.2. The van der Waals surface area contributed by atoms with E-state index in [-0.39, 0.29) is 11.6 Å². The van der Waals surface area contributed by atoms with Crippen LogP contribution in [0.25, 0.3) is 6.08 Å². The Balaban J connectivity index is 1.91. The number of carbonyl (C=O) groups is 1. The zero-order chi connectivity index (χ0) is 17.6. The SMILES string of the molecule is CCOc1ccc(C2=NC(=Cc3ccccc3)C(=O)O2)cc1OCC. The fraction of sp³-hybridized carbons (Fsp3) is 0.200. The molecular formula is C20H19NO4. The molecule has 0 fully saturated rings. The van der Waals surface area contributed by atoms with Gasteiger partial charge in [0.1, 0.15) is 0 Å². The lowest BCUT2D eigenvalue weighted by Crippen LogP contribution is -2.06. The van der Waals surface area contributed by atoms with Crippen molar-refractivity contribution in [2.45, 2.75) is 13.8 Å². The van der Waals surface area contributed by atoms with Crippen LogP contribution in [0.5, 0.6) is 11.5 Å². The second-order valence-electron chi connectivity index (χ2n) is 5.27. The topological polar surface area (TPSA) is 57.1 Å². The lowest BCUT2D eigenvalue weighted by molar-refractivity contribution is -0.129. The van der Waals surface area contributed by atoms with E-state index in [0.29, 0.717) is 30.3 Å². The molecule has 1 aliphatic heterocycles. The lowest BCUT2D eigenvalue weighted by atomic mass is 10.2. The Labute approximate surface area is 146 Å². The first kappa shape index (κ1) is 16.8. The molecule has 0 saturated heterocycles. The molecule has 3 rings (SSSR count). The monoisotopic (exact) mass is 337 g/mol. The normalized spacial score (nSPS) is 15.0. The summed E-state index contributed by atoms with van der Waals surface area (Å²) in [6, 6.07) is 14.9. The molecule has 0 N–H and O–H groups in total. The summed E-state index contributed by atoms with van der Waals surface area (Å²) >= 11 is 0. The maximum absolute atomic E-state index is 12.1. The summed E-state index contributed by atoms with van der Waals surface area (Å²) < 4.78 is 16.5. The standard InChI is InChI=1S/C20H19NO4/c1-3-23-17-11-10-15(13-18(17)24-4-2)19-21-16(20(22)25-19)12-14-8-6-5-7-9-14/h5-13H,3-4H2,1-2H3. The molecule has 2 aromatic carbocycles. The van der Waals surface area contributed by atoms with Crippen molar-refractivity contribution in [2.75, 3.05) is 13.2 Å². The van der Waals surface area contributed by atoms with Gasteiger partial charge >= 0.3 is 5.97 Å². The van der Waals surface area contributed by atoms with E-state index < -0.39 is 5.97 Å². The zero-order valence-electron chi connectivity index (χ0n) is 14.2. The van der Waals surface area contributed by atoms with Crippen LogP contribution >= 0.6 is 0 Å². The largest absolute Gasteiger partial charge is 0.490 e. The number of ether oxygens (including phenoxy) is 3. The minimum absolute atomic E-state index is 0.260. The van der Waals surface area contributed by atoms with Crippen LogP contribution in [0.2, 0.25) is 0 Å². The van der Waals surface area contributed by atoms with Crippen LogP contribution in [0.15, 0.2) is 59.2 Å². The first-order valence-electron chi connectivity index (χ1n) is 8.19. The summed E-state index contributed by atoms with van der Waals surface area (Å²) in [6.45, 7) is 4.86. The van der Waals surface area contributed by atoms with E-state index in [9.17, 15) is 4.79 Å². The van der Waals surface area contributed by atoms with Crippen LogP contribution in [0.1, 0.15) is 25.0 Å². The van der Waals surface area contributed by atoms with Gasteiger partial charge in [-0.05, 0) is 43.7 Å². The average molecular weight is 337 g/mol. The molecule has 25 heavy (non-hydrogen) atoms. The summed E-state index contributed by atoms with van der Waals surface area (Å²) in [5.41, 5.74) is 1.82. The number of benzene rings is 2. The number of cyclic esters (lactones) is 1. The number of aliphatic imine (C=N–C) groups is 1. The van der Waals surface area contributed by atoms with E-state index in [2.05, 4.69) is 4.99 Å². The summed E-state index contributed by atoms with van der Waals surface area (Å²) in [4.78, 5) is 16.4. The van der Waals surface area contributed by atoms with Crippen molar-refractivity contribution >= 4 is 17.9 Å². The van der Waals surface area contributed by atoms with Crippen LogP contribution in [0, 0.1) is 0 Å². The maximum Gasteiger partial charge on any atom is 0.363 e. The minimum atomic E-state index is -0.467. The van der Waals surface area contributed by atoms with Gasteiger partial charge in [-0.25, -0.2) is 9.79 Å². The van der Waals surface area contributed by atoms with Gasteiger partial charge in [0.15, 0.2) is 17.2 Å². The van der Waals surface area contributed by atoms with E-state index >= 15 is 0 Å². The van der Waals surface area contributed by atoms with E-state index in [1.807, 2.05) is 44.2 Å². The summed E-state index contributed by atoms with van der Waals surface area (Å²) in [6.07, 6.45) is 1.70. The number of rotatable bonds is 6. The van der Waals surface area contributed by atoms with Crippen LogP contribution in [-0.2, 0) is 9.53 Å². The predicted molar refractivity (Wildman–Crippen MR) is 95.8 cm³/mol. The van der Waals surface area contributed by atoms with Gasteiger partial charge in [-0.3, -0.25) is 0 Å². The number of hydrogen-bond donors (Lipinski definition) is 0. The average Bonchev–Trinajstić information content (AvgIpc) is 2.98. The van der Waals surface area contributed by atoms with Gasteiger partial charge in [0.25, 0.3) is 0 Å². The molecule has 2 aromatic rings. The molecule has 5 heteroatoms. The minimum Gasteiger partial charge on any atom is -0.490 e. The Kier molecular flexibility index (Phi) is 5.14. The van der Waals surface area contributed by atoms with Crippen molar-refractivity contribution in [2.24, 2.45) is 4.99 Å². The quantitative estimate of drug-likeness (QED) is 0.594. The van der Waals surface area contributed by atoms with Crippen LogP contribution in [0.3, 0.4) is 0 Å². The Morgan fingerprint density at radius 2 is 1.72 bits per heavy atom. The molecule has 0 saturated carbocycles. The third-order valence-corrected chi connectivity index (χ3v) is 3.51. The van der Waals surface area contributed by atoms with Gasteiger partial charge in [-0.2, -0.15) is 0 Å². The highest BCUT2D eigenvalue weighted by Gasteiger charge is 2.25. The molecule has 1 aliphatic rings. The van der Waals surface area contributed by atoms with Gasteiger partial charge in [-0.15, -0.1) is 0 Å². The maximum atomic E-state index is 12.1. The fourth-order valence-corrected chi connectivity index (χ4v) is 2.42. The third-order valence-electron chi connectivity index (χ3n) is 3.51. The Morgan fingerprint density at radius 1 is 1.00 bits per heavy atom. The lowest BCUT2D eigenvalue weighted by Gasteiger charge is -2.11. The van der Waals surface area contributed by atoms with E-state index in [1.165, 1.54) is 0 Å². The molecule has 0 spiro atoms. The van der Waals surface area contributed by atoms with Crippen LogP contribution in [-0.4, -0.2) is 25.1 Å². The molecule has 0 unspecified atom stereocenters. The van der Waals surface area contributed by atoms with Gasteiger partial charge in [0.2, 0.25) is 5.90 Å². The third kappa shape index (κ3) is 3.88. The van der Waals surface area contributed by atoms with Gasteiger partial charge in [0, 0.05) is 5.56 Å². The summed E-state index contributed by atoms with van der Waals surface area (Å²) in [5.74, 6) is 1.04. The number of carbonyl (C=O) groups excluding carboxylic acids is 1. The second-order valence-corrected chi connectivity index (χ2v) is 5.27. The smallest absolute Gasteiger partial charge is 0.363 e. The highest BCUT2D eigenvalue weighted by atomic mass is 16.6. The molecule has 0 radical (unpaired) electrons. The van der Waals surface area contributed by atoms with Crippen molar-refractivity contribution in [3.05, 3.63) is 65.4 Å². The predicted octanol–water partition coefficient (Wildman–Crippen LogP) is 3.83. The van der Waals surface area contributed by atoms with Crippen molar-refractivity contribution in [1.29, 1.82) is 0 Å². The Hall–Kier alpha value is -3.08. The molecule has 128 valence electrons. The summed E-state index contributed by atoms with van der Waals surface area (Å²) in [5, 5.41) is 0. The van der Waals surface area contributed by atoms with E-state index in [0.717, 1.165) is 5.56 Å². The number of hydrogen-bond acceptors (Lipinski definition) is 5. The van der Waals surface area contributed by atoms with E-state index in [4.69, 9.17) is 14.2 Å². The molecule has 5 nitrogen and oxygen atoms in total. The Bertz CT molecular complexity index is 825. The van der Waals surface area contributed by atoms with Crippen molar-refractivity contribution in [3.63, 3.8) is 0 Å². The first-order chi connectivity index (χ1) is 12.2. The number of nitrogens with zero attached hydrogens (tertiary/aromatic N) is 1. The van der Waals surface area contributed by atoms with Crippen LogP contribution in [0.4, 0.5) is 0 Å². The molecule has 0 aliphatic carbocycles. The molecular weight excluding hydrogens is 318 g/mol. The highest BCUT2D eigenvalue weighted by molar-refractivity contribution is 6.13. The number of esters is 1. The molecule has 1 heterocycles. The van der Waals surface area contributed by atoms with Crippen molar-refractivity contribution in [3.8, 4) is 11.5 Å². The molecule has 0 bridgehead atoms. The van der Waals surface area contributed by atoms with Gasteiger partial charge in [-0.1, -0.05) is 30.3 Å². The summed E-state index contributed by atoms with van der Waals surface area (Å²) in [7, 11) is 0. The Morgan fingerprint density at radius 3 is 2.44 bits per heavy atom. The second kappa shape index (κ2) is 7.66. The first-order valence-corrected chi connectivity index (χ1v) is 8.19. The van der Waals surface area contributed by atoms with Crippen LogP contribution < -0.4 is 9.47 Å². The van der Waals surface area contributed by atoms with Crippen molar-refractivity contribution < 1.29 is 19.0 Å². The highest BCUT2D eigenvalue weighted by Crippen LogP contribution is 2.30. The molecule has 0 aromatic heterocycles. The van der Waals surface area contributed by atoms with Gasteiger partial charge in [0.05, 0.1) is 13.2 Å². The van der Waals surface area contributed by atoms with E-state index in [1.54, 1.807) is 24.3 Å². The molecule has 0 atom stereocenters. The fourth-order valence-electron chi connectivity index (χ4n) is 2.42.